The predicted molar refractivity (Wildman–Crippen MR) is 86.8 cm³/mol. The van der Waals surface area contributed by atoms with Gasteiger partial charge in [0.25, 0.3) is 5.91 Å². The summed E-state index contributed by atoms with van der Waals surface area (Å²) in [5.41, 5.74) is 0.872. The van der Waals surface area contributed by atoms with E-state index in [1.54, 1.807) is 11.3 Å². The summed E-state index contributed by atoms with van der Waals surface area (Å²) >= 11 is 3.93. The van der Waals surface area contributed by atoms with Crippen LogP contribution in [0.25, 0.3) is 0 Å². The quantitative estimate of drug-likeness (QED) is 0.725. The summed E-state index contributed by atoms with van der Waals surface area (Å²) in [6.45, 7) is 4.30. The molecule has 2 aliphatic rings. The number of nitrogens with zero attached hydrogens (tertiary/aromatic N) is 2. The van der Waals surface area contributed by atoms with Gasteiger partial charge in [0, 0.05) is 24.5 Å². The number of carbonyl (C=O) groups is 1. The fourth-order valence-electron chi connectivity index (χ4n) is 3.15. The smallest absolute Gasteiger partial charge is 0.254 e. The highest BCUT2D eigenvalue weighted by Crippen LogP contribution is 2.23. The number of hydrogen-bond acceptors (Lipinski definition) is 3. The third-order valence-electron chi connectivity index (χ3n) is 4.16. The summed E-state index contributed by atoms with van der Waals surface area (Å²) in [5, 5.41) is 1.99. The Labute approximate surface area is 132 Å². The van der Waals surface area contributed by atoms with Gasteiger partial charge in [0.1, 0.15) is 0 Å². The SMILES string of the molecule is O=C(c1csc(I)c1)N1CCCC(N2CCCC2)C1. The molecule has 0 aromatic carbocycles. The third kappa shape index (κ3) is 3.13. The normalized spacial score (nSPS) is 24.9. The molecule has 0 spiro atoms. The van der Waals surface area contributed by atoms with E-state index < -0.39 is 0 Å². The number of piperidine rings is 1. The summed E-state index contributed by atoms with van der Waals surface area (Å²) in [7, 11) is 0. The molecule has 0 radical (unpaired) electrons. The Kier molecular flexibility index (Phi) is 4.44. The van der Waals surface area contributed by atoms with Crippen LogP contribution in [0.1, 0.15) is 36.0 Å². The minimum absolute atomic E-state index is 0.225. The molecular formula is C14H19IN2OS. The first-order chi connectivity index (χ1) is 9.24. The topological polar surface area (TPSA) is 23.6 Å². The van der Waals surface area contributed by atoms with Crippen molar-refractivity contribution in [3.8, 4) is 0 Å². The molecule has 1 atom stereocenters. The summed E-state index contributed by atoms with van der Waals surface area (Å²) in [4.78, 5) is 17.1. The summed E-state index contributed by atoms with van der Waals surface area (Å²) in [6.07, 6.45) is 5.05. The molecule has 3 nitrogen and oxygen atoms in total. The highest BCUT2D eigenvalue weighted by molar-refractivity contribution is 14.1. The first-order valence-electron chi connectivity index (χ1n) is 7.01. The lowest BCUT2D eigenvalue weighted by Crippen LogP contribution is -2.48. The van der Waals surface area contributed by atoms with Crippen molar-refractivity contribution in [3.63, 3.8) is 0 Å². The van der Waals surface area contributed by atoms with Gasteiger partial charge in [0.2, 0.25) is 0 Å². The molecule has 19 heavy (non-hydrogen) atoms. The Morgan fingerprint density at radius 2 is 2.05 bits per heavy atom. The van der Waals surface area contributed by atoms with Crippen LogP contribution in [0.5, 0.6) is 0 Å². The Morgan fingerprint density at radius 1 is 1.26 bits per heavy atom. The van der Waals surface area contributed by atoms with E-state index in [0.29, 0.717) is 6.04 Å². The Morgan fingerprint density at radius 3 is 2.74 bits per heavy atom. The van der Waals surface area contributed by atoms with E-state index in [0.717, 1.165) is 25.1 Å². The van der Waals surface area contributed by atoms with Gasteiger partial charge in [-0.2, -0.15) is 0 Å². The fraction of sp³-hybridized carbons (Fsp3) is 0.643. The molecule has 1 aromatic rings. The van der Waals surface area contributed by atoms with Crippen LogP contribution in [0, 0.1) is 2.88 Å². The molecule has 2 fully saturated rings. The van der Waals surface area contributed by atoms with Gasteiger partial charge in [-0.25, -0.2) is 0 Å². The molecule has 104 valence electrons. The number of likely N-dealkylation sites (tertiary alicyclic amines) is 2. The number of halogens is 1. The first-order valence-corrected chi connectivity index (χ1v) is 8.97. The fourth-order valence-corrected chi connectivity index (χ4v) is 4.47. The minimum atomic E-state index is 0.225. The second-order valence-corrected chi connectivity index (χ2v) is 8.24. The van der Waals surface area contributed by atoms with E-state index in [2.05, 4.69) is 32.4 Å². The van der Waals surface area contributed by atoms with Crippen LogP contribution in [-0.2, 0) is 0 Å². The second kappa shape index (κ2) is 6.10. The van der Waals surface area contributed by atoms with Crippen LogP contribution in [-0.4, -0.2) is 47.9 Å². The van der Waals surface area contributed by atoms with Gasteiger partial charge in [-0.3, -0.25) is 9.69 Å². The molecule has 2 saturated heterocycles. The van der Waals surface area contributed by atoms with Crippen LogP contribution in [0.15, 0.2) is 11.4 Å². The first kappa shape index (κ1) is 13.8. The lowest BCUT2D eigenvalue weighted by atomic mass is 10.0. The number of hydrogen-bond donors (Lipinski definition) is 0. The van der Waals surface area contributed by atoms with Crippen molar-refractivity contribution in [1.29, 1.82) is 0 Å². The summed E-state index contributed by atoms with van der Waals surface area (Å²) in [6, 6.07) is 2.60. The van der Waals surface area contributed by atoms with E-state index in [4.69, 9.17) is 0 Å². The predicted octanol–water partition coefficient (Wildman–Crippen LogP) is 3.05. The average molecular weight is 390 g/mol. The van der Waals surface area contributed by atoms with E-state index in [1.807, 2.05) is 11.4 Å². The molecular weight excluding hydrogens is 371 g/mol. The second-order valence-electron chi connectivity index (χ2n) is 5.43. The van der Waals surface area contributed by atoms with Crippen molar-refractivity contribution in [2.24, 2.45) is 0 Å². The molecule has 2 aliphatic heterocycles. The van der Waals surface area contributed by atoms with E-state index >= 15 is 0 Å². The Balaban J connectivity index is 1.65. The van der Waals surface area contributed by atoms with Gasteiger partial charge < -0.3 is 4.90 Å². The monoisotopic (exact) mass is 390 g/mol. The Bertz CT molecular complexity index is 456. The molecule has 1 aromatic heterocycles. The van der Waals surface area contributed by atoms with Crippen LogP contribution < -0.4 is 0 Å². The zero-order valence-corrected chi connectivity index (χ0v) is 14.0. The molecule has 5 heteroatoms. The maximum absolute atomic E-state index is 12.5. The average Bonchev–Trinajstić information content (AvgIpc) is 3.09. The maximum Gasteiger partial charge on any atom is 0.254 e. The Hall–Kier alpha value is -0.140. The largest absolute Gasteiger partial charge is 0.337 e. The summed E-state index contributed by atoms with van der Waals surface area (Å²) in [5.74, 6) is 0.225. The van der Waals surface area contributed by atoms with Crippen molar-refractivity contribution in [2.75, 3.05) is 26.2 Å². The van der Waals surface area contributed by atoms with Crippen LogP contribution in [0.2, 0.25) is 0 Å². The number of amides is 1. The zero-order chi connectivity index (χ0) is 13.2. The molecule has 0 aliphatic carbocycles. The molecule has 0 N–H and O–H groups in total. The number of thiophene rings is 1. The third-order valence-corrected chi connectivity index (χ3v) is 5.94. The van der Waals surface area contributed by atoms with Gasteiger partial charge in [0.05, 0.1) is 8.45 Å². The summed E-state index contributed by atoms with van der Waals surface area (Å²) < 4.78 is 1.19. The van der Waals surface area contributed by atoms with Crippen molar-refractivity contribution in [1.82, 2.24) is 9.80 Å². The van der Waals surface area contributed by atoms with Crippen molar-refractivity contribution < 1.29 is 4.79 Å². The molecule has 3 heterocycles. The van der Waals surface area contributed by atoms with Gasteiger partial charge in [-0.1, -0.05) is 0 Å². The lowest BCUT2D eigenvalue weighted by Gasteiger charge is -2.37. The molecule has 1 amide bonds. The van der Waals surface area contributed by atoms with Gasteiger partial charge in [0.15, 0.2) is 0 Å². The van der Waals surface area contributed by atoms with Gasteiger partial charge >= 0.3 is 0 Å². The highest BCUT2D eigenvalue weighted by Gasteiger charge is 2.29. The van der Waals surface area contributed by atoms with Crippen LogP contribution in [0.3, 0.4) is 0 Å². The molecule has 0 saturated carbocycles. The maximum atomic E-state index is 12.5. The van der Waals surface area contributed by atoms with Crippen molar-refractivity contribution in [2.45, 2.75) is 31.7 Å². The van der Waals surface area contributed by atoms with E-state index in [9.17, 15) is 4.79 Å². The van der Waals surface area contributed by atoms with Crippen molar-refractivity contribution >= 4 is 39.8 Å². The number of rotatable bonds is 2. The van der Waals surface area contributed by atoms with Crippen molar-refractivity contribution in [3.05, 3.63) is 19.9 Å². The van der Waals surface area contributed by atoms with E-state index in [1.165, 1.54) is 35.2 Å². The minimum Gasteiger partial charge on any atom is -0.337 e. The van der Waals surface area contributed by atoms with Gasteiger partial charge in [-0.15, -0.1) is 11.3 Å². The molecule has 1 unspecified atom stereocenters. The highest BCUT2D eigenvalue weighted by atomic mass is 127. The van der Waals surface area contributed by atoms with Gasteiger partial charge in [-0.05, 0) is 67.4 Å². The lowest BCUT2D eigenvalue weighted by molar-refractivity contribution is 0.0608. The van der Waals surface area contributed by atoms with Crippen LogP contribution in [0.4, 0.5) is 0 Å². The standard InChI is InChI=1S/C14H19IN2OS/c15-13-8-11(10-19-13)14(18)17-7-3-4-12(9-17)16-5-1-2-6-16/h8,10,12H,1-7,9H2. The van der Waals surface area contributed by atoms with Crippen LogP contribution >= 0.6 is 33.9 Å². The molecule has 3 rings (SSSR count). The molecule has 0 bridgehead atoms. The number of carbonyl (C=O) groups excluding carboxylic acids is 1. The zero-order valence-electron chi connectivity index (χ0n) is 11.0. The van der Waals surface area contributed by atoms with E-state index in [-0.39, 0.29) is 5.91 Å².